The van der Waals surface area contributed by atoms with E-state index in [9.17, 15) is 13.2 Å². The van der Waals surface area contributed by atoms with Crippen LogP contribution in [-0.2, 0) is 9.84 Å². The van der Waals surface area contributed by atoms with Crippen molar-refractivity contribution in [2.75, 3.05) is 11.1 Å². The molecule has 0 saturated carbocycles. The second-order valence-electron chi connectivity index (χ2n) is 7.01. The fourth-order valence-electron chi connectivity index (χ4n) is 3.16. The number of aryl methyl sites for hydroxylation is 1. The topological polar surface area (TPSA) is 89.3 Å². The van der Waals surface area contributed by atoms with Crippen molar-refractivity contribution >= 4 is 43.3 Å². The third-order valence-corrected chi connectivity index (χ3v) is 7.88. The number of rotatable bonds is 6. The predicted molar refractivity (Wildman–Crippen MR) is 125 cm³/mol. The number of ketones is 1. The summed E-state index contributed by atoms with van der Waals surface area (Å²) in [5.74, 6) is -0.315. The van der Waals surface area contributed by atoms with Gasteiger partial charge in [0.15, 0.2) is 0 Å². The van der Waals surface area contributed by atoms with Crippen molar-refractivity contribution < 1.29 is 13.2 Å². The number of nitrogens with one attached hydrogen (secondary N) is 1. The Kier molecular flexibility index (Phi) is 5.63. The van der Waals surface area contributed by atoms with Crippen molar-refractivity contribution in [3.05, 3.63) is 101 Å². The van der Waals surface area contributed by atoms with Gasteiger partial charge >= 0.3 is 0 Å². The lowest BCUT2D eigenvalue weighted by Crippen LogP contribution is -2.08. The Morgan fingerprint density at radius 3 is 2.06 bits per heavy atom. The van der Waals surface area contributed by atoms with Crippen LogP contribution in [0.5, 0.6) is 0 Å². The van der Waals surface area contributed by atoms with E-state index in [4.69, 9.17) is 5.73 Å². The highest BCUT2D eigenvalue weighted by Gasteiger charge is 2.31. The molecule has 0 aliphatic rings. The van der Waals surface area contributed by atoms with Gasteiger partial charge in [0.05, 0.1) is 10.6 Å². The summed E-state index contributed by atoms with van der Waals surface area (Å²) >= 11 is 1.04. The quantitative estimate of drug-likeness (QED) is 0.383. The molecule has 0 amide bonds. The van der Waals surface area contributed by atoms with Gasteiger partial charge in [-0.25, -0.2) is 8.42 Å². The molecule has 0 saturated heterocycles. The largest absolute Gasteiger partial charge is 0.396 e. The number of benzene rings is 3. The first kappa shape index (κ1) is 20.8. The molecule has 3 N–H and O–H groups in total. The van der Waals surface area contributed by atoms with Crippen molar-refractivity contribution in [2.45, 2.75) is 16.7 Å². The van der Waals surface area contributed by atoms with Gasteiger partial charge in [-0.1, -0.05) is 66.2 Å². The summed E-state index contributed by atoms with van der Waals surface area (Å²) in [5, 5.41) is 3.44. The van der Waals surface area contributed by atoms with Crippen LogP contribution in [0.15, 0.2) is 94.7 Å². The maximum absolute atomic E-state index is 13.5. The molecule has 0 spiro atoms. The highest BCUT2D eigenvalue weighted by Crippen LogP contribution is 2.44. The van der Waals surface area contributed by atoms with Gasteiger partial charge in [-0.05, 0) is 31.2 Å². The van der Waals surface area contributed by atoms with Crippen LogP contribution >= 0.6 is 11.3 Å². The van der Waals surface area contributed by atoms with Crippen molar-refractivity contribution in [3.8, 4) is 0 Å². The molecule has 0 aliphatic carbocycles. The Bertz CT molecular complexity index is 1330. The van der Waals surface area contributed by atoms with E-state index in [1.165, 1.54) is 0 Å². The smallest absolute Gasteiger partial charge is 0.211 e. The Morgan fingerprint density at radius 1 is 0.871 bits per heavy atom. The number of hydrogen-bond acceptors (Lipinski definition) is 6. The number of sulfone groups is 1. The molecule has 1 aromatic heterocycles. The van der Waals surface area contributed by atoms with E-state index in [-0.39, 0.29) is 26.1 Å². The number of para-hydroxylation sites is 1. The fourth-order valence-corrected chi connectivity index (χ4v) is 6.09. The molecule has 0 aliphatic heterocycles. The van der Waals surface area contributed by atoms with Crippen LogP contribution in [0.4, 0.5) is 16.4 Å². The number of carbonyl (C=O) groups is 1. The Hall–Kier alpha value is -3.42. The van der Waals surface area contributed by atoms with E-state index >= 15 is 0 Å². The first-order valence-electron chi connectivity index (χ1n) is 9.54. The average Bonchev–Trinajstić information content (AvgIpc) is 3.11. The summed E-state index contributed by atoms with van der Waals surface area (Å²) in [6.07, 6.45) is 0. The summed E-state index contributed by atoms with van der Waals surface area (Å²) in [6, 6.07) is 24.4. The molecule has 4 rings (SSSR count). The van der Waals surface area contributed by atoms with Gasteiger partial charge in [-0.2, -0.15) is 0 Å². The number of thiophene rings is 1. The second-order valence-corrected chi connectivity index (χ2v) is 9.91. The zero-order valence-corrected chi connectivity index (χ0v) is 18.3. The minimum absolute atomic E-state index is 0.0436. The van der Waals surface area contributed by atoms with Crippen molar-refractivity contribution in [1.82, 2.24) is 0 Å². The molecule has 0 radical (unpaired) electrons. The first-order valence-corrected chi connectivity index (χ1v) is 11.8. The lowest BCUT2D eigenvalue weighted by atomic mass is 10.1. The van der Waals surface area contributed by atoms with Crippen molar-refractivity contribution in [1.29, 1.82) is 0 Å². The van der Waals surface area contributed by atoms with Crippen LogP contribution in [-0.4, -0.2) is 14.2 Å². The molecule has 4 aromatic rings. The van der Waals surface area contributed by atoms with Crippen molar-refractivity contribution in [2.24, 2.45) is 0 Å². The molecular formula is C24H20N2O3S2. The normalized spacial score (nSPS) is 11.3. The van der Waals surface area contributed by atoms with Crippen LogP contribution in [0.25, 0.3) is 0 Å². The van der Waals surface area contributed by atoms with Crippen LogP contribution in [0.2, 0.25) is 0 Å². The number of hydrogen-bond donors (Lipinski definition) is 2. The fraction of sp³-hybridized carbons (Fsp3) is 0.0417. The molecule has 0 fully saturated rings. The van der Waals surface area contributed by atoms with Gasteiger partial charge in [0.1, 0.15) is 14.8 Å². The SMILES string of the molecule is Cc1ccc(S(=O)(=O)c2c(Nc3ccccc3)sc(C(=O)c3ccccc3)c2N)cc1. The maximum Gasteiger partial charge on any atom is 0.211 e. The van der Waals surface area contributed by atoms with E-state index in [0.717, 1.165) is 16.9 Å². The maximum atomic E-state index is 13.5. The number of anilines is 3. The second kappa shape index (κ2) is 8.37. The Labute approximate surface area is 185 Å². The zero-order chi connectivity index (χ0) is 22.0. The molecule has 1 heterocycles. The van der Waals surface area contributed by atoms with Crippen LogP contribution in [0, 0.1) is 6.92 Å². The van der Waals surface area contributed by atoms with E-state index in [0.29, 0.717) is 16.3 Å². The molecule has 0 unspecified atom stereocenters. The molecule has 5 nitrogen and oxygen atoms in total. The highest BCUT2D eigenvalue weighted by molar-refractivity contribution is 7.92. The molecule has 3 aromatic carbocycles. The minimum Gasteiger partial charge on any atom is -0.396 e. The molecular weight excluding hydrogens is 428 g/mol. The average molecular weight is 449 g/mol. The lowest BCUT2D eigenvalue weighted by molar-refractivity contribution is 0.104. The van der Waals surface area contributed by atoms with Gasteiger partial charge in [-0.3, -0.25) is 4.79 Å². The molecule has 0 atom stereocenters. The third-order valence-electron chi connectivity index (χ3n) is 4.77. The minimum atomic E-state index is -3.96. The van der Waals surface area contributed by atoms with Gasteiger partial charge in [-0.15, -0.1) is 11.3 Å². The van der Waals surface area contributed by atoms with E-state index in [1.54, 1.807) is 48.5 Å². The lowest BCUT2D eigenvalue weighted by Gasteiger charge is -2.10. The van der Waals surface area contributed by atoms with Gasteiger partial charge in [0.25, 0.3) is 0 Å². The number of nitrogen functional groups attached to an aromatic ring is 1. The van der Waals surface area contributed by atoms with E-state index < -0.39 is 9.84 Å². The highest BCUT2D eigenvalue weighted by atomic mass is 32.2. The molecule has 0 bridgehead atoms. The summed E-state index contributed by atoms with van der Waals surface area (Å²) in [7, 11) is -3.96. The van der Waals surface area contributed by atoms with Gasteiger partial charge in [0.2, 0.25) is 15.6 Å². The summed E-state index contributed by atoms with van der Waals surface area (Å²) in [4.78, 5) is 13.3. The van der Waals surface area contributed by atoms with Crippen LogP contribution in [0.1, 0.15) is 20.8 Å². The van der Waals surface area contributed by atoms with Crippen LogP contribution < -0.4 is 11.1 Å². The van der Waals surface area contributed by atoms with Gasteiger partial charge < -0.3 is 11.1 Å². The van der Waals surface area contributed by atoms with E-state index in [1.807, 2.05) is 43.3 Å². The summed E-state index contributed by atoms with van der Waals surface area (Å²) < 4.78 is 27.0. The van der Waals surface area contributed by atoms with E-state index in [2.05, 4.69) is 5.32 Å². The molecule has 7 heteroatoms. The molecule has 156 valence electrons. The standard InChI is InChI=1S/C24H20N2O3S2/c1-16-12-14-19(15-13-16)31(28,29)23-20(25)22(21(27)17-8-4-2-5-9-17)30-24(23)26-18-10-6-3-7-11-18/h2-15,26H,25H2,1H3. The molecule has 31 heavy (non-hydrogen) atoms. The number of carbonyl (C=O) groups excluding carboxylic acids is 1. The zero-order valence-electron chi connectivity index (χ0n) is 16.7. The predicted octanol–water partition coefficient (Wildman–Crippen LogP) is 5.45. The first-order chi connectivity index (χ1) is 14.9. The third kappa shape index (κ3) is 4.10. The van der Waals surface area contributed by atoms with Crippen LogP contribution in [0.3, 0.4) is 0 Å². The Morgan fingerprint density at radius 2 is 1.45 bits per heavy atom. The monoisotopic (exact) mass is 448 g/mol. The Balaban J connectivity index is 1.88. The van der Waals surface area contributed by atoms with Gasteiger partial charge in [0, 0.05) is 11.3 Å². The number of nitrogens with two attached hydrogens (primary N) is 1. The van der Waals surface area contributed by atoms with Crippen molar-refractivity contribution in [3.63, 3.8) is 0 Å². The summed E-state index contributed by atoms with van der Waals surface area (Å²) in [6.45, 7) is 1.88. The summed E-state index contributed by atoms with van der Waals surface area (Å²) in [5.41, 5.74) is 8.36.